The van der Waals surface area contributed by atoms with E-state index in [4.69, 9.17) is 10.5 Å². The standard InChI is InChI=1S/C16H16N2O2/c1-10-7-15(19)18-14-9-12(8-13(17)16(14)20-10)11-5-3-2-4-6-11/h2-6,8-10H,7,17H2,1H3,(H,18,19). The summed E-state index contributed by atoms with van der Waals surface area (Å²) in [6.45, 7) is 1.86. The van der Waals surface area contributed by atoms with Gasteiger partial charge in [-0.05, 0) is 30.2 Å². The number of hydrogen-bond acceptors (Lipinski definition) is 3. The van der Waals surface area contributed by atoms with Gasteiger partial charge in [0.2, 0.25) is 5.91 Å². The minimum atomic E-state index is -0.180. The molecule has 0 spiro atoms. The lowest BCUT2D eigenvalue weighted by molar-refractivity contribution is -0.117. The maximum Gasteiger partial charge on any atom is 0.228 e. The zero-order valence-electron chi connectivity index (χ0n) is 11.2. The summed E-state index contributed by atoms with van der Waals surface area (Å²) in [5.41, 5.74) is 9.26. The van der Waals surface area contributed by atoms with Crippen LogP contribution in [-0.2, 0) is 4.79 Å². The predicted molar refractivity (Wildman–Crippen MR) is 79.6 cm³/mol. The molecule has 0 radical (unpaired) electrons. The lowest BCUT2D eigenvalue weighted by Crippen LogP contribution is -2.17. The van der Waals surface area contributed by atoms with Crippen LogP contribution in [-0.4, -0.2) is 12.0 Å². The van der Waals surface area contributed by atoms with Crippen LogP contribution in [0.5, 0.6) is 5.75 Å². The number of fused-ring (bicyclic) bond motifs is 1. The number of rotatable bonds is 1. The molecule has 1 heterocycles. The van der Waals surface area contributed by atoms with Crippen LogP contribution >= 0.6 is 0 Å². The first-order chi connectivity index (χ1) is 9.63. The molecule has 0 saturated carbocycles. The fourth-order valence-corrected chi connectivity index (χ4v) is 2.38. The van der Waals surface area contributed by atoms with Crippen molar-refractivity contribution >= 4 is 17.3 Å². The van der Waals surface area contributed by atoms with E-state index in [9.17, 15) is 4.79 Å². The van der Waals surface area contributed by atoms with Crippen LogP contribution in [0.3, 0.4) is 0 Å². The molecule has 2 aromatic carbocycles. The normalized spacial score (nSPS) is 17.6. The van der Waals surface area contributed by atoms with Gasteiger partial charge >= 0.3 is 0 Å². The lowest BCUT2D eigenvalue weighted by Gasteiger charge is -2.15. The number of anilines is 2. The first-order valence-electron chi connectivity index (χ1n) is 6.59. The van der Waals surface area contributed by atoms with Gasteiger partial charge in [-0.1, -0.05) is 30.3 Å². The van der Waals surface area contributed by atoms with Crippen LogP contribution in [0.1, 0.15) is 13.3 Å². The maximum absolute atomic E-state index is 11.8. The molecule has 1 aliphatic heterocycles. The Kier molecular flexibility index (Phi) is 3.06. The van der Waals surface area contributed by atoms with Gasteiger partial charge in [0.05, 0.1) is 17.8 Å². The van der Waals surface area contributed by atoms with Crippen LogP contribution in [0.25, 0.3) is 11.1 Å². The van der Waals surface area contributed by atoms with E-state index in [0.29, 0.717) is 23.5 Å². The molecule has 4 nitrogen and oxygen atoms in total. The fourth-order valence-electron chi connectivity index (χ4n) is 2.38. The van der Waals surface area contributed by atoms with E-state index in [1.807, 2.05) is 49.4 Å². The zero-order chi connectivity index (χ0) is 14.1. The fraction of sp³-hybridized carbons (Fsp3) is 0.188. The number of ether oxygens (including phenoxy) is 1. The highest BCUT2D eigenvalue weighted by molar-refractivity contribution is 5.96. The molecule has 0 aromatic heterocycles. The van der Waals surface area contributed by atoms with Crippen molar-refractivity contribution in [1.82, 2.24) is 0 Å². The largest absolute Gasteiger partial charge is 0.486 e. The zero-order valence-corrected chi connectivity index (χ0v) is 11.2. The molecule has 2 aromatic rings. The van der Waals surface area contributed by atoms with Gasteiger partial charge in [0.25, 0.3) is 0 Å². The van der Waals surface area contributed by atoms with Crippen molar-refractivity contribution in [2.24, 2.45) is 0 Å². The molecular weight excluding hydrogens is 252 g/mol. The van der Waals surface area contributed by atoms with Gasteiger partial charge in [0.1, 0.15) is 6.10 Å². The lowest BCUT2D eigenvalue weighted by atomic mass is 10.0. The monoisotopic (exact) mass is 268 g/mol. The summed E-state index contributed by atoms with van der Waals surface area (Å²) in [6, 6.07) is 13.7. The van der Waals surface area contributed by atoms with Gasteiger partial charge in [-0.25, -0.2) is 0 Å². The Bertz CT molecular complexity index is 653. The molecule has 1 aliphatic rings. The average molecular weight is 268 g/mol. The number of carbonyl (C=O) groups excluding carboxylic acids is 1. The van der Waals surface area contributed by atoms with E-state index in [1.54, 1.807) is 0 Å². The molecule has 0 fully saturated rings. The first kappa shape index (κ1) is 12.5. The molecular formula is C16H16N2O2. The third-order valence-corrected chi connectivity index (χ3v) is 3.29. The van der Waals surface area contributed by atoms with Crippen molar-refractivity contribution < 1.29 is 9.53 Å². The maximum atomic E-state index is 11.8. The average Bonchev–Trinajstić information content (AvgIpc) is 2.57. The van der Waals surface area contributed by atoms with Gasteiger partial charge in [-0.15, -0.1) is 0 Å². The molecule has 102 valence electrons. The molecule has 0 aliphatic carbocycles. The second-order valence-electron chi connectivity index (χ2n) is 4.99. The highest BCUT2D eigenvalue weighted by Gasteiger charge is 2.22. The quantitative estimate of drug-likeness (QED) is 0.781. The summed E-state index contributed by atoms with van der Waals surface area (Å²) in [5.74, 6) is 0.504. The number of nitrogens with two attached hydrogens (primary N) is 1. The highest BCUT2D eigenvalue weighted by Crippen LogP contribution is 2.38. The Balaban J connectivity index is 2.10. The highest BCUT2D eigenvalue weighted by atomic mass is 16.5. The van der Waals surface area contributed by atoms with Crippen LogP contribution in [0.4, 0.5) is 11.4 Å². The topological polar surface area (TPSA) is 64.4 Å². The van der Waals surface area contributed by atoms with Gasteiger partial charge in [0, 0.05) is 0 Å². The van der Waals surface area contributed by atoms with E-state index in [0.717, 1.165) is 11.1 Å². The summed E-state index contributed by atoms with van der Waals surface area (Å²) in [5, 5.41) is 2.86. The van der Waals surface area contributed by atoms with Crippen molar-refractivity contribution in [2.45, 2.75) is 19.4 Å². The van der Waals surface area contributed by atoms with Gasteiger partial charge in [-0.2, -0.15) is 0 Å². The molecule has 3 rings (SSSR count). The smallest absolute Gasteiger partial charge is 0.228 e. The van der Waals surface area contributed by atoms with E-state index >= 15 is 0 Å². The van der Waals surface area contributed by atoms with Crippen LogP contribution in [0, 0.1) is 0 Å². The van der Waals surface area contributed by atoms with Crippen LogP contribution < -0.4 is 15.8 Å². The van der Waals surface area contributed by atoms with Crippen molar-refractivity contribution in [3.63, 3.8) is 0 Å². The third-order valence-electron chi connectivity index (χ3n) is 3.29. The van der Waals surface area contributed by atoms with E-state index in [1.165, 1.54) is 0 Å². The Morgan fingerprint density at radius 2 is 1.95 bits per heavy atom. The SMILES string of the molecule is CC1CC(=O)Nc2cc(-c3ccccc3)cc(N)c2O1. The molecule has 4 heteroatoms. The second-order valence-corrected chi connectivity index (χ2v) is 4.99. The Morgan fingerprint density at radius 3 is 2.70 bits per heavy atom. The second kappa shape index (κ2) is 4.89. The molecule has 1 atom stereocenters. The third kappa shape index (κ3) is 2.32. The Morgan fingerprint density at radius 1 is 1.20 bits per heavy atom. The Labute approximate surface area is 117 Å². The number of nitrogen functional groups attached to an aromatic ring is 1. The number of benzene rings is 2. The van der Waals surface area contributed by atoms with Crippen molar-refractivity contribution in [1.29, 1.82) is 0 Å². The molecule has 1 unspecified atom stereocenters. The molecule has 1 amide bonds. The molecule has 0 bridgehead atoms. The van der Waals surface area contributed by atoms with Gasteiger partial charge < -0.3 is 15.8 Å². The molecule has 3 N–H and O–H groups in total. The first-order valence-corrected chi connectivity index (χ1v) is 6.59. The van der Waals surface area contributed by atoms with E-state index in [2.05, 4.69) is 5.32 Å². The van der Waals surface area contributed by atoms with Gasteiger partial charge in [-0.3, -0.25) is 4.79 Å². The molecule has 20 heavy (non-hydrogen) atoms. The molecule has 0 saturated heterocycles. The van der Waals surface area contributed by atoms with Crippen LogP contribution in [0.2, 0.25) is 0 Å². The minimum Gasteiger partial charge on any atom is -0.486 e. The van der Waals surface area contributed by atoms with Crippen molar-refractivity contribution in [3.8, 4) is 16.9 Å². The number of amides is 1. The van der Waals surface area contributed by atoms with E-state index < -0.39 is 0 Å². The summed E-state index contributed by atoms with van der Waals surface area (Å²) >= 11 is 0. The Hall–Kier alpha value is -2.49. The van der Waals surface area contributed by atoms with Crippen molar-refractivity contribution in [2.75, 3.05) is 11.1 Å². The van der Waals surface area contributed by atoms with Crippen molar-refractivity contribution in [3.05, 3.63) is 42.5 Å². The number of carbonyl (C=O) groups is 1. The minimum absolute atomic E-state index is 0.0548. The summed E-state index contributed by atoms with van der Waals surface area (Å²) < 4.78 is 5.74. The number of nitrogens with one attached hydrogen (secondary N) is 1. The summed E-state index contributed by atoms with van der Waals surface area (Å²) in [6.07, 6.45) is 0.149. The van der Waals surface area contributed by atoms with Gasteiger partial charge in [0.15, 0.2) is 5.75 Å². The summed E-state index contributed by atoms with van der Waals surface area (Å²) in [7, 11) is 0. The predicted octanol–water partition coefficient (Wildman–Crippen LogP) is 3.05. The summed E-state index contributed by atoms with van der Waals surface area (Å²) in [4.78, 5) is 11.8. The van der Waals surface area contributed by atoms with E-state index in [-0.39, 0.29) is 12.0 Å². The van der Waals surface area contributed by atoms with Crippen LogP contribution in [0.15, 0.2) is 42.5 Å². The number of hydrogen-bond donors (Lipinski definition) is 2.